The monoisotopic (exact) mass is 318 g/mol. The minimum absolute atomic E-state index is 0.136. The first-order chi connectivity index (χ1) is 10.8. The van der Waals surface area contributed by atoms with Crippen LogP contribution in [0.4, 0.5) is 0 Å². The van der Waals surface area contributed by atoms with E-state index in [1.165, 1.54) is 32.1 Å². The van der Waals surface area contributed by atoms with E-state index in [2.05, 4.69) is 20.8 Å². The molecule has 0 spiro atoms. The van der Waals surface area contributed by atoms with Crippen molar-refractivity contribution in [2.75, 3.05) is 0 Å². The van der Waals surface area contributed by atoms with Crippen LogP contribution < -0.4 is 0 Å². The number of aliphatic hydroxyl groups is 1. The highest BCUT2D eigenvalue weighted by molar-refractivity contribution is 5.79. The van der Waals surface area contributed by atoms with Crippen LogP contribution in [0.25, 0.3) is 0 Å². The largest absolute Gasteiger partial charge is 0.389 e. The van der Waals surface area contributed by atoms with Crippen molar-refractivity contribution >= 4 is 5.78 Å². The predicted octanol–water partition coefficient (Wildman–Crippen LogP) is 4.74. The molecule has 0 heterocycles. The van der Waals surface area contributed by atoms with Crippen molar-refractivity contribution in [3.8, 4) is 0 Å². The molecule has 0 saturated heterocycles. The molecular formula is C21H34O2. The molecule has 0 amide bonds. The van der Waals surface area contributed by atoms with Crippen LogP contribution >= 0.6 is 0 Å². The summed E-state index contributed by atoms with van der Waals surface area (Å²) in [7, 11) is 0. The van der Waals surface area contributed by atoms with E-state index in [0.717, 1.165) is 43.9 Å². The summed E-state index contributed by atoms with van der Waals surface area (Å²) in [5.74, 6) is 3.45. The Morgan fingerprint density at radius 3 is 2.52 bits per heavy atom. The van der Waals surface area contributed by atoms with Crippen LogP contribution in [0.15, 0.2) is 0 Å². The van der Waals surface area contributed by atoms with Crippen LogP contribution in [0.1, 0.15) is 85.0 Å². The van der Waals surface area contributed by atoms with Crippen molar-refractivity contribution in [3.63, 3.8) is 0 Å². The molecule has 4 rings (SSSR count). The molecule has 130 valence electrons. The highest BCUT2D eigenvalue weighted by Gasteiger charge is 2.63. The van der Waals surface area contributed by atoms with E-state index in [1.54, 1.807) is 0 Å². The van der Waals surface area contributed by atoms with Crippen LogP contribution in [0, 0.1) is 34.5 Å². The zero-order valence-corrected chi connectivity index (χ0v) is 15.2. The fraction of sp³-hybridized carbons (Fsp3) is 0.952. The summed E-state index contributed by atoms with van der Waals surface area (Å²) in [5, 5.41) is 11.2. The summed E-state index contributed by atoms with van der Waals surface area (Å²) in [5.41, 5.74) is 0.102. The van der Waals surface area contributed by atoms with Crippen molar-refractivity contribution in [3.05, 3.63) is 0 Å². The average Bonchev–Trinajstić information content (AvgIpc) is 2.80. The van der Waals surface area contributed by atoms with Gasteiger partial charge in [0.1, 0.15) is 5.78 Å². The Morgan fingerprint density at radius 2 is 1.78 bits per heavy atom. The number of ketones is 1. The third-order valence-electron chi connectivity index (χ3n) is 9.39. The van der Waals surface area contributed by atoms with Gasteiger partial charge >= 0.3 is 0 Å². The Hall–Kier alpha value is -0.370. The molecule has 0 bridgehead atoms. The van der Waals surface area contributed by atoms with E-state index in [-0.39, 0.29) is 5.41 Å². The molecule has 23 heavy (non-hydrogen) atoms. The van der Waals surface area contributed by atoms with Gasteiger partial charge in [-0.15, -0.1) is 0 Å². The Kier molecular flexibility index (Phi) is 3.55. The minimum Gasteiger partial charge on any atom is -0.389 e. The molecule has 1 unspecified atom stereocenters. The van der Waals surface area contributed by atoms with E-state index in [1.807, 2.05) is 0 Å². The Labute approximate surface area is 141 Å². The second-order valence-corrected chi connectivity index (χ2v) is 9.78. The summed E-state index contributed by atoms with van der Waals surface area (Å²) in [6.45, 7) is 7.07. The zero-order chi connectivity index (χ0) is 16.5. The lowest BCUT2D eigenvalue weighted by Gasteiger charge is -2.61. The molecule has 4 aliphatic carbocycles. The molecule has 4 aliphatic rings. The number of rotatable bonds is 1. The lowest BCUT2D eigenvalue weighted by molar-refractivity contribution is -0.157. The fourth-order valence-corrected chi connectivity index (χ4v) is 7.74. The summed E-state index contributed by atoms with van der Waals surface area (Å²) < 4.78 is 0. The topological polar surface area (TPSA) is 37.3 Å². The Balaban J connectivity index is 1.64. The molecule has 0 aromatic carbocycles. The van der Waals surface area contributed by atoms with Crippen molar-refractivity contribution in [1.29, 1.82) is 0 Å². The van der Waals surface area contributed by atoms with Crippen LogP contribution in [0.2, 0.25) is 0 Å². The van der Waals surface area contributed by atoms with Crippen LogP contribution in [-0.4, -0.2) is 16.5 Å². The first-order valence-corrected chi connectivity index (χ1v) is 10.1. The highest BCUT2D eigenvalue weighted by Crippen LogP contribution is 2.68. The first-order valence-electron chi connectivity index (χ1n) is 10.1. The molecule has 2 heteroatoms. The first kappa shape index (κ1) is 16.1. The quantitative estimate of drug-likeness (QED) is 0.758. The van der Waals surface area contributed by atoms with Crippen molar-refractivity contribution in [2.24, 2.45) is 34.5 Å². The molecule has 4 saturated carbocycles. The van der Waals surface area contributed by atoms with Gasteiger partial charge in [-0.2, -0.15) is 0 Å². The van der Waals surface area contributed by atoms with Crippen LogP contribution in [0.3, 0.4) is 0 Å². The van der Waals surface area contributed by atoms with Gasteiger partial charge in [-0.1, -0.05) is 20.8 Å². The second-order valence-electron chi connectivity index (χ2n) is 9.78. The summed E-state index contributed by atoms with van der Waals surface area (Å²) >= 11 is 0. The number of hydrogen-bond donors (Lipinski definition) is 1. The maximum Gasteiger partial charge on any atom is 0.133 e. The number of Topliss-reactive ketones (excluding diaryl/α,β-unsaturated/α-hetero) is 1. The van der Waals surface area contributed by atoms with E-state index in [0.29, 0.717) is 23.0 Å². The third kappa shape index (κ3) is 2.00. The van der Waals surface area contributed by atoms with Gasteiger partial charge in [-0.05, 0) is 85.9 Å². The Morgan fingerprint density at radius 1 is 1.04 bits per heavy atom. The molecule has 0 aromatic rings. The standard InChI is InChI=1S/C21H34O2/c1-4-21(23)12-9-18-16-6-5-14-13-15(22)7-10-19(14,2)17(16)8-11-20(18,21)3/h14,16-18,23H,4-13H2,1-3H3/t14?,16-,17+,18+,19+,20+,21+/m1/s1. The zero-order valence-electron chi connectivity index (χ0n) is 15.2. The maximum absolute atomic E-state index is 11.9. The van der Waals surface area contributed by atoms with E-state index < -0.39 is 5.60 Å². The average molecular weight is 319 g/mol. The maximum atomic E-state index is 11.9. The summed E-state index contributed by atoms with van der Waals surface area (Å²) in [4.78, 5) is 11.9. The van der Waals surface area contributed by atoms with Crippen molar-refractivity contribution in [1.82, 2.24) is 0 Å². The molecular weight excluding hydrogens is 284 g/mol. The van der Waals surface area contributed by atoms with Gasteiger partial charge in [0.15, 0.2) is 0 Å². The van der Waals surface area contributed by atoms with Gasteiger partial charge in [-0.25, -0.2) is 0 Å². The number of carbonyl (C=O) groups is 1. The van der Waals surface area contributed by atoms with Gasteiger partial charge in [0.25, 0.3) is 0 Å². The number of hydrogen-bond acceptors (Lipinski definition) is 2. The smallest absolute Gasteiger partial charge is 0.133 e. The summed E-state index contributed by atoms with van der Waals surface area (Å²) in [6, 6.07) is 0. The minimum atomic E-state index is -0.428. The normalized spacial score (nSPS) is 55.9. The Bertz CT molecular complexity index is 514. The molecule has 0 radical (unpaired) electrons. The molecule has 0 aliphatic heterocycles. The van der Waals surface area contributed by atoms with E-state index in [4.69, 9.17) is 0 Å². The molecule has 7 atom stereocenters. The SMILES string of the molecule is CC[C@]1(O)CC[C@H]2[C@@H]3CCC4CC(=O)CC[C@]4(C)[C@H]3CC[C@@]21C. The fourth-order valence-electron chi connectivity index (χ4n) is 7.74. The second kappa shape index (κ2) is 5.07. The number of fused-ring (bicyclic) bond motifs is 5. The summed E-state index contributed by atoms with van der Waals surface area (Å²) in [6.07, 6.45) is 11.0. The molecule has 1 N–H and O–H groups in total. The van der Waals surface area contributed by atoms with Gasteiger partial charge in [0.05, 0.1) is 5.60 Å². The molecule has 4 fully saturated rings. The predicted molar refractivity (Wildman–Crippen MR) is 92.0 cm³/mol. The van der Waals surface area contributed by atoms with Gasteiger partial charge in [0, 0.05) is 12.8 Å². The van der Waals surface area contributed by atoms with Crippen LogP contribution in [-0.2, 0) is 4.79 Å². The van der Waals surface area contributed by atoms with E-state index >= 15 is 0 Å². The van der Waals surface area contributed by atoms with Crippen molar-refractivity contribution < 1.29 is 9.90 Å². The van der Waals surface area contributed by atoms with Crippen LogP contribution in [0.5, 0.6) is 0 Å². The number of carbonyl (C=O) groups excluding carboxylic acids is 1. The third-order valence-corrected chi connectivity index (χ3v) is 9.39. The highest BCUT2D eigenvalue weighted by atomic mass is 16.3. The molecule has 0 aromatic heterocycles. The van der Waals surface area contributed by atoms with Gasteiger partial charge < -0.3 is 5.11 Å². The lowest BCUT2D eigenvalue weighted by Crippen LogP contribution is -2.56. The van der Waals surface area contributed by atoms with Gasteiger partial charge in [0.2, 0.25) is 0 Å². The van der Waals surface area contributed by atoms with E-state index in [9.17, 15) is 9.90 Å². The van der Waals surface area contributed by atoms with Gasteiger partial charge in [-0.3, -0.25) is 4.79 Å². The molecule has 2 nitrogen and oxygen atoms in total. The lowest BCUT2D eigenvalue weighted by atomic mass is 9.44. The van der Waals surface area contributed by atoms with Crippen molar-refractivity contribution in [2.45, 2.75) is 90.6 Å².